The molecule has 5 nitrogen and oxygen atoms in total. The van der Waals surface area contributed by atoms with Gasteiger partial charge in [-0.3, -0.25) is 4.79 Å². The van der Waals surface area contributed by atoms with E-state index in [0.717, 1.165) is 43.7 Å². The Bertz CT molecular complexity index is 334. The molecule has 0 unspecified atom stereocenters. The number of carbonyl (C=O) groups is 1. The summed E-state index contributed by atoms with van der Waals surface area (Å²) >= 11 is 0. The highest BCUT2D eigenvalue weighted by Crippen LogP contribution is 2.20. The molecule has 0 atom stereocenters. The normalized spacial score (nSPS) is 12.4. The predicted molar refractivity (Wildman–Crippen MR) is 108 cm³/mol. The molecule has 5 N–H and O–H groups in total. The average molecular weight is 380 g/mol. The molecule has 24 heavy (non-hydrogen) atoms. The first-order valence-corrected chi connectivity index (χ1v) is 11.3. The third-order valence-corrected chi connectivity index (χ3v) is 5.90. The zero-order chi connectivity index (χ0) is 18.5. The van der Waals surface area contributed by atoms with E-state index >= 15 is 0 Å². The van der Waals surface area contributed by atoms with Gasteiger partial charge in [-0.1, -0.05) is 28.0 Å². The Morgan fingerprint density at radius 2 is 1.75 bits per heavy atom. The van der Waals surface area contributed by atoms with Crippen LogP contribution in [-0.4, -0.2) is 48.2 Å². The summed E-state index contributed by atoms with van der Waals surface area (Å²) in [4.78, 5) is 11.7. The molecule has 0 heterocycles. The Balaban J connectivity index is 3.59. The van der Waals surface area contributed by atoms with Crippen molar-refractivity contribution < 1.29 is 9.53 Å². The van der Waals surface area contributed by atoms with E-state index in [1.165, 1.54) is 0 Å². The van der Waals surface area contributed by atoms with Crippen LogP contribution < -0.4 is 16.8 Å². The molecule has 0 aromatic carbocycles. The number of ether oxygens (including phenoxy) is 1. The van der Waals surface area contributed by atoms with Crippen molar-refractivity contribution in [3.05, 3.63) is 0 Å². The number of hydrogen-bond acceptors (Lipinski definition) is 6. The summed E-state index contributed by atoms with van der Waals surface area (Å²) in [6, 6.07) is 0. The highest BCUT2D eigenvalue weighted by molar-refractivity contribution is 8.76. The number of hydrogen-bond donors (Lipinski definition) is 3. The van der Waals surface area contributed by atoms with Gasteiger partial charge in [-0.2, -0.15) is 0 Å². The van der Waals surface area contributed by atoms with Crippen LogP contribution in [-0.2, 0) is 9.53 Å². The topological polar surface area (TPSA) is 90.4 Å². The number of nitrogens with one attached hydrogen (secondary N) is 1. The number of carbonyl (C=O) groups excluding carboxylic acids is 1. The van der Waals surface area contributed by atoms with Crippen LogP contribution in [0.15, 0.2) is 0 Å². The van der Waals surface area contributed by atoms with E-state index in [0.29, 0.717) is 19.6 Å². The summed E-state index contributed by atoms with van der Waals surface area (Å²) in [5.74, 6) is 2.02. The van der Waals surface area contributed by atoms with Crippen LogP contribution in [0.4, 0.5) is 0 Å². The van der Waals surface area contributed by atoms with Crippen molar-refractivity contribution in [1.29, 1.82) is 0 Å². The molecule has 0 bridgehead atoms. The van der Waals surface area contributed by atoms with Crippen LogP contribution in [0, 0.1) is 0 Å². The molecule has 0 rings (SSSR count). The van der Waals surface area contributed by atoms with Gasteiger partial charge >= 0.3 is 0 Å². The van der Waals surface area contributed by atoms with E-state index in [1.807, 2.05) is 13.8 Å². The molecule has 0 fully saturated rings. The molecule has 0 radical (unpaired) electrons. The zero-order valence-electron chi connectivity index (χ0n) is 15.9. The second-order valence-electron chi connectivity index (χ2n) is 7.34. The highest BCUT2D eigenvalue weighted by atomic mass is 33.1. The summed E-state index contributed by atoms with van der Waals surface area (Å²) in [7, 11) is 3.51. The Kier molecular flexibility index (Phi) is 13.3. The van der Waals surface area contributed by atoms with Crippen molar-refractivity contribution >= 4 is 27.5 Å². The molecular formula is C17H37N3O2S2. The number of nitrogens with two attached hydrogens (primary N) is 2. The Labute approximate surface area is 156 Å². The molecule has 0 aliphatic heterocycles. The minimum Gasteiger partial charge on any atom is -0.376 e. The van der Waals surface area contributed by atoms with E-state index in [1.54, 1.807) is 21.6 Å². The molecule has 144 valence electrons. The maximum absolute atomic E-state index is 11.7. The van der Waals surface area contributed by atoms with Crippen molar-refractivity contribution in [2.24, 2.45) is 11.5 Å². The van der Waals surface area contributed by atoms with Crippen molar-refractivity contribution in [2.45, 2.75) is 70.9 Å². The summed E-state index contributed by atoms with van der Waals surface area (Å²) < 4.78 is 5.93. The molecule has 0 saturated carbocycles. The van der Waals surface area contributed by atoms with E-state index in [9.17, 15) is 4.79 Å². The molecule has 0 saturated heterocycles. The van der Waals surface area contributed by atoms with Gasteiger partial charge in [0.2, 0.25) is 5.91 Å². The average Bonchev–Trinajstić information content (AvgIpc) is 2.45. The maximum Gasteiger partial charge on any atom is 0.220 e. The van der Waals surface area contributed by atoms with Gasteiger partial charge in [0.25, 0.3) is 0 Å². The second kappa shape index (κ2) is 13.3. The largest absolute Gasteiger partial charge is 0.376 e. The molecule has 0 aromatic heterocycles. The van der Waals surface area contributed by atoms with Crippen LogP contribution >= 0.6 is 21.6 Å². The summed E-state index contributed by atoms with van der Waals surface area (Å²) in [5.41, 5.74) is 11.0. The third-order valence-electron chi connectivity index (χ3n) is 3.46. The predicted octanol–water partition coefficient (Wildman–Crippen LogP) is 2.93. The first-order chi connectivity index (χ1) is 11.2. The summed E-state index contributed by atoms with van der Waals surface area (Å²) in [6.45, 7) is 10.3. The number of amides is 1. The Morgan fingerprint density at radius 3 is 2.38 bits per heavy atom. The minimum absolute atomic E-state index is 0.142. The lowest BCUT2D eigenvalue weighted by Crippen LogP contribution is -2.35. The van der Waals surface area contributed by atoms with Gasteiger partial charge in [0.1, 0.15) is 0 Å². The van der Waals surface area contributed by atoms with Crippen molar-refractivity contribution in [3.8, 4) is 0 Å². The molecule has 0 spiro atoms. The van der Waals surface area contributed by atoms with Crippen LogP contribution in [0.5, 0.6) is 0 Å². The smallest absolute Gasteiger partial charge is 0.220 e. The van der Waals surface area contributed by atoms with E-state index < -0.39 is 0 Å². The number of unbranched alkanes of at least 4 members (excludes halogenated alkanes) is 1. The van der Waals surface area contributed by atoms with Gasteiger partial charge in [-0.15, -0.1) is 0 Å². The van der Waals surface area contributed by atoms with Crippen LogP contribution in [0.2, 0.25) is 0 Å². The Morgan fingerprint density at radius 1 is 1.08 bits per heavy atom. The number of rotatable bonds is 15. The first-order valence-electron chi connectivity index (χ1n) is 8.80. The molecule has 0 aliphatic carbocycles. The monoisotopic (exact) mass is 379 g/mol. The first kappa shape index (κ1) is 24.1. The fourth-order valence-electron chi connectivity index (χ4n) is 1.99. The van der Waals surface area contributed by atoms with Gasteiger partial charge in [0.05, 0.1) is 5.60 Å². The van der Waals surface area contributed by atoms with Crippen LogP contribution in [0.1, 0.15) is 59.8 Å². The van der Waals surface area contributed by atoms with Gasteiger partial charge in [-0.05, 0) is 47.0 Å². The van der Waals surface area contributed by atoms with Crippen LogP contribution in [0.25, 0.3) is 0 Å². The van der Waals surface area contributed by atoms with Crippen molar-refractivity contribution in [3.63, 3.8) is 0 Å². The maximum atomic E-state index is 11.7. The molecule has 7 heteroatoms. The van der Waals surface area contributed by atoms with E-state index in [2.05, 4.69) is 19.2 Å². The summed E-state index contributed by atoms with van der Waals surface area (Å²) in [5, 5.41) is 2.96. The van der Waals surface area contributed by atoms with Gasteiger partial charge < -0.3 is 21.5 Å². The minimum atomic E-state index is -0.185. The van der Waals surface area contributed by atoms with Crippen molar-refractivity contribution in [1.82, 2.24) is 5.32 Å². The van der Waals surface area contributed by atoms with Gasteiger partial charge in [0, 0.05) is 43.2 Å². The molecular weight excluding hydrogens is 342 g/mol. The van der Waals surface area contributed by atoms with Gasteiger partial charge in [0.15, 0.2) is 0 Å². The fourth-order valence-corrected chi connectivity index (χ4v) is 3.75. The van der Waals surface area contributed by atoms with E-state index in [4.69, 9.17) is 16.2 Å². The molecule has 1 amide bonds. The third kappa shape index (κ3) is 16.9. The lowest BCUT2D eigenvalue weighted by atomic mass is 9.99. The quantitative estimate of drug-likeness (QED) is 0.299. The lowest BCUT2D eigenvalue weighted by Gasteiger charge is -2.27. The molecule has 0 aromatic rings. The van der Waals surface area contributed by atoms with E-state index in [-0.39, 0.29) is 17.0 Å². The van der Waals surface area contributed by atoms with Crippen molar-refractivity contribution in [2.75, 3.05) is 31.2 Å². The Hall–Kier alpha value is 0.0500. The van der Waals surface area contributed by atoms with Crippen LogP contribution in [0.3, 0.4) is 0 Å². The lowest BCUT2D eigenvalue weighted by molar-refractivity contribution is -0.121. The summed E-state index contributed by atoms with van der Waals surface area (Å²) in [6.07, 6.45) is 4.29. The fraction of sp³-hybridized carbons (Fsp3) is 0.941. The highest BCUT2D eigenvalue weighted by Gasteiger charge is 2.19. The van der Waals surface area contributed by atoms with Gasteiger partial charge in [-0.25, -0.2) is 0 Å². The SMILES string of the molecule is CC(C)(N)CCOC(C)(C)CCCCC(=O)NCCSSCCN. The molecule has 0 aliphatic rings. The standard InChI is InChI=1S/C17H37N3O2S2/c1-16(2,19)9-12-22-17(3,4)8-6-5-7-15(21)20-11-14-24-23-13-10-18/h5-14,18-19H2,1-4H3,(H,20,21). The zero-order valence-corrected chi connectivity index (χ0v) is 17.5. The second-order valence-corrected chi connectivity index (χ2v) is 10.0.